The molecule has 0 saturated carbocycles. The van der Waals surface area contributed by atoms with Crippen molar-refractivity contribution in [3.05, 3.63) is 117 Å². The number of amides is 1. The molecule has 41 heavy (non-hydrogen) atoms. The predicted octanol–water partition coefficient (Wildman–Crippen LogP) is 3.29. The molecule has 3 heterocycles. The molecule has 2 aliphatic rings. The van der Waals surface area contributed by atoms with E-state index in [0.717, 1.165) is 5.56 Å². The van der Waals surface area contributed by atoms with Crippen LogP contribution in [0.15, 0.2) is 99.5 Å². The predicted molar refractivity (Wildman–Crippen MR) is 147 cm³/mol. The number of nitrogens with zero attached hydrogens (tertiary/aromatic N) is 1. The van der Waals surface area contributed by atoms with Gasteiger partial charge in [-0.3, -0.25) is 14.5 Å². The zero-order chi connectivity index (χ0) is 28.7. The fourth-order valence-corrected chi connectivity index (χ4v) is 5.48. The Bertz CT molecular complexity index is 1810. The number of esters is 2. The van der Waals surface area contributed by atoms with Crippen molar-refractivity contribution in [2.75, 3.05) is 18.1 Å². The van der Waals surface area contributed by atoms with Crippen LogP contribution in [0.25, 0.3) is 11.0 Å². The summed E-state index contributed by atoms with van der Waals surface area (Å²) in [4.78, 5) is 56.0. The van der Waals surface area contributed by atoms with Gasteiger partial charge in [-0.05, 0) is 30.7 Å². The molecule has 3 aromatic carbocycles. The van der Waals surface area contributed by atoms with E-state index in [1.165, 1.54) is 4.90 Å². The van der Waals surface area contributed by atoms with Crippen molar-refractivity contribution in [1.82, 2.24) is 0 Å². The van der Waals surface area contributed by atoms with Crippen molar-refractivity contribution < 1.29 is 33.0 Å². The van der Waals surface area contributed by atoms with Gasteiger partial charge < -0.3 is 24.4 Å². The molecule has 0 radical (unpaired) electrons. The SMILES string of the molecule is CCOC(=O)C1=C(N)Oc2c(c(=O)oc3ccccc23)C12C(=O)N(CC(=O)OCc1ccccc1)c1ccccc12. The molecule has 0 saturated heterocycles. The maximum Gasteiger partial charge on any atom is 0.345 e. The zero-order valence-electron chi connectivity index (χ0n) is 21.9. The van der Waals surface area contributed by atoms with Gasteiger partial charge in [0.2, 0.25) is 11.8 Å². The number of ether oxygens (including phenoxy) is 3. The number of benzene rings is 3. The number of nitrogens with two attached hydrogens (primary N) is 1. The molecule has 0 fully saturated rings. The van der Waals surface area contributed by atoms with Gasteiger partial charge in [0.15, 0.2) is 5.75 Å². The molecule has 2 N–H and O–H groups in total. The van der Waals surface area contributed by atoms with Gasteiger partial charge in [-0.2, -0.15) is 0 Å². The van der Waals surface area contributed by atoms with Gasteiger partial charge in [-0.15, -0.1) is 0 Å². The van der Waals surface area contributed by atoms with Crippen molar-refractivity contribution in [3.63, 3.8) is 0 Å². The molecule has 2 aliphatic heterocycles. The van der Waals surface area contributed by atoms with Crippen molar-refractivity contribution >= 4 is 34.5 Å². The molecular formula is C31H24N2O8. The first-order valence-electron chi connectivity index (χ1n) is 12.9. The van der Waals surface area contributed by atoms with Crippen LogP contribution in [0.4, 0.5) is 5.69 Å². The monoisotopic (exact) mass is 552 g/mol. The van der Waals surface area contributed by atoms with Gasteiger partial charge in [0.05, 0.1) is 12.0 Å². The molecule has 1 aromatic heterocycles. The second-order valence-electron chi connectivity index (χ2n) is 9.46. The highest BCUT2D eigenvalue weighted by atomic mass is 16.5. The lowest BCUT2D eigenvalue weighted by molar-refractivity contribution is -0.144. The first kappa shape index (κ1) is 25.9. The van der Waals surface area contributed by atoms with E-state index >= 15 is 0 Å². The highest BCUT2D eigenvalue weighted by molar-refractivity contribution is 6.20. The molecule has 10 nitrogen and oxygen atoms in total. The first-order chi connectivity index (χ1) is 19.9. The number of carbonyl (C=O) groups excluding carboxylic acids is 3. The van der Waals surface area contributed by atoms with E-state index in [4.69, 9.17) is 24.4 Å². The average molecular weight is 553 g/mol. The van der Waals surface area contributed by atoms with Crippen LogP contribution in [0, 0.1) is 0 Å². The highest BCUT2D eigenvalue weighted by Crippen LogP contribution is 2.55. The molecule has 0 bridgehead atoms. The third-order valence-electron chi connectivity index (χ3n) is 7.15. The summed E-state index contributed by atoms with van der Waals surface area (Å²) in [5.41, 5.74) is 4.28. The van der Waals surface area contributed by atoms with Gasteiger partial charge in [-0.25, -0.2) is 9.59 Å². The third-order valence-corrected chi connectivity index (χ3v) is 7.15. The molecule has 206 valence electrons. The fourth-order valence-electron chi connectivity index (χ4n) is 5.48. The minimum atomic E-state index is -2.11. The summed E-state index contributed by atoms with van der Waals surface area (Å²) >= 11 is 0. The van der Waals surface area contributed by atoms with Crippen molar-refractivity contribution in [2.24, 2.45) is 5.73 Å². The van der Waals surface area contributed by atoms with Gasteiger partial charge >= 0.3 is 17.6 Å². The highest BCUT2D eigenvalue weighted by Gasteiger charge is 2.63. The average Bonchev–Trinajstić information content (AvgIpc) is 3.20. The first-order valence-corrected chi connectivity index (χ1v) is 12.9. The summed E-state index contributed by atoms with van der Waals surface area (Å²) in [5.74, 6) is -2.82. The molecule has 10 heteroatoms. The summed E-state index contributed by atoms with van der Waals surface area (Å²) in [7, 11) is 0. The van der Waals surface area contributed by atoms with Crippen LogP contribution < -0.4 is 21.0 Å². The van der Waals surface area contributed by atoms with E-state index in [1.54, 1.807) is 67.6 Å². The van der Waals surface area contributed by atoms with E-state index in [0.29, 0.717) is 11.1 Å². The van der Waals surface area contributed by atoms with Crippen molar-refractivity contribution in [1.29, 1.82) is 0 Å². The van der Waals surface area contributed by atoms with Crippen LogP contribution in [0.3, 0.4) is 0 Å². The summed E-state index contributed by atoms with van der Waals surface area (Å²) in [6, 6.07) is 22.2. The van der Waals surface area contributed by atoms with Crippen LogP contribution in [0.2, 0.25) is 0 Å². The smallest absolute Gasteiger partial charge is 0.345 e. The Morgan fingerprint density at radius 3 is 2.41 bits per heavy atom. The van der Waals surface area contributed by atoms with Gasteiger partial charge in [0.1, 0.15) is 35.3 Å². The second kappa shape index (κ2) is 9.98. The number of hydrogen-bond acceptors (Lipinski definition) is 9. The number of hydrogen-bond donors (Lipinski definition) is 1. The van der Waals surface area contributed by atoms with Crippen LogP contribution in [-0.2, 0) is 35.9 Å². The van der Waals surface area contributed by atoms with Gasteiger partial charge in [-0.1, -0.05) is 60.7 Å². The van der Waals surface area contributed by atoms with Crippen molar-refractivity contribution in [3.8, 4) is 5.75 Å². The number of para-hydroxylation sites is 2. The maximum atomic E-state index is 14.6. The Balaban J connectivity index is 1.54. The van der Waals surface area contributed by atoms with Crippen molar-refractivity contribution in [2.45, 2.75) is 18.9 Å². The molecule has 1 amide bonds. The molecular weight excluding hydrogens is 528 g/mol. The van der Waals surface area contributed by atoms with Crippen LogP contribution in [0.5, 0.6) is 5.75 Å². The summed E-state index contributed by atoms with van der Waals surface area (Å²) in [6.45, 7) is 1.08. The minimum Gasteiger partial charge on any atom is -0.462 e. The van der Waals surface area contributed by atoms with E-state index in [1.807, 2.05) is 18.2 Å². The molecule has 1 atom stereocenters. The van der Waals surface area contributed by atoms with E-state index < -0.39 is 41.3 Å². The number of carbonyl (C=O) groups is 3. The minimum absolute atomic E-state index is 0.00166. The summed E-state index contributed by atoms with van der Waals surface area (Å²) in [5, 5.41) is 0.373. The van der Waals surface area contributed by atoms with Gasteiger partial charge in [0.25, 0.3) is 0 Å². The second-order valence-corrected chi connectivity index (χ2v) is 9.46. The topological polar surface area (TPSA) is 138 Å². The lowest BCUT2D eigenvalue weighted by Gasteiger charge is -2.35. The normalized spacial score (nSPS) is 17.3. The third kappa shape index (κ3) is 3.95. The molecule has 6 rings (SSSR count). The summed E-state index contributed by atoms with van der Waals surface area (Å²) in [6.07, 6.45) is 0. The van der Waals surface area contributed by atoms with Crippen LogP contribution >= 0.6 is 0 Å². The number of rotatable bonds is 6. The molecule has 1 unspecified atom stereocenters. The zero-order valence-corrected chi connectivity index (χ0v) is 21.9. The Hall–Kier alpha value is -5.38. The summed E-state index contributed by atoms with van der Waals surface area (Å²) < 4.78 is 22.3. The van der Waals surface area contributed by atoms with Crippen LogP contribution in [0.1, 0.15) is 23.6 Å². The largest absolute Gasteiger partial charge is 0.462 e. The quantitative estimate of drug-likeness (QED) is 0.282. The number of fused-ring (bicyclic) bond motifs is 6. The van der Waals surface area contributed by atoms with E-state index in [-0.39, 0.29) is 41.2 Å². The molecule has 0 aliphatic carbocycles. The Morgan fingerprint density at radius 1 is 0.927 bits per heavy atom. The van der Waals surface area contributed by atoms with Gasteiger partial charge in [0, 0.05) is 11.3 Å². The Morgan fingerprint density at radius 2 is 1.63 bits per heavy atom. The lowest BCUT2D eigenvalue weighted by atomic mass is 9.68. The van der Waals surface area contributed by atoms with E-state index in [2.05, 4.69) is 0 Å². The molecule has 1 spiro atoms. The fraction of sp³-hybridized carbons (Fsp3) is 0.161. The molecule has 4 aromatic rings. The maximum absolute atomic E-state index is 14.6. The van der Waals surface area contributed by atoms with E-state index in [9.17, 15) is 19.2 Å². The Kier molecular flexibility index (Phi) is 6.30. The standard InChI is InChI=1S/C31H24N2O8/c1-2-38-28(35)25-27(32)41-26-19-12-6-9-15-22(19)40-29(36)24(26)31(25)20-13-7-8-14-21(20)33(30(31)37)16-23(34)39-17-18-10-4-3-5-11-18/h3-15H,2,16-17,32H2,1H3. The lowest BCUT2D eigenvalue weighted by Crippen LogP contribution is -2.51. The van der Waals surface area contributed by atoms with Crippen LogP contribution in [-0.4, -0.2) is 31.0 Å². The number of anilines is 1. The Labute approximate surface area is 233 Å².